The van der Waals surface area contributed by atoms with E-state index in [0.29, 0.717) is 11.5 Å². The average Bonchev–Trinajstić information content (AvgIpc) is 2.60. The van der Waals surface area contributed by atoms with Crippen molar-refractivity contribution in [1.29, 1.82) is 0 Å². The molecule has 2 aromatic rings. The minimum Gasteiger partial charge on any atom is -0.495 e. The molecular weight excluding hydrogens is 333 g/mol. The molecule has 2 rings (SSSR count). The highest BCUT2D eigenvalue weighted by atomic mass is 19.1. The molecule has 8 nitrogen and oxygen atoms in total. The lowest BCUT2D eigenvalue weighted by molar-refractivity contribution is -0.384. The summed E-state index contributed by atoms with van der Waals surface area (Å²) in [5.74, 6) is 0.406. The van der Waals surface area contributed by atoms with Gasteiger partial charge in [-0.3, -0.25) is 10.1 Å². The molecule has 25 heavy (non-hydrogen) atoms. The van der Waals surface area contributed by atoms with Crippen molar-refractivity contribution in [3.63, 3.8) is 0 Å². The molecule has 0 spiro atoms. The first-order valence-electron chi connectivity index (χ1n) is 7.25. The Bertz CT molecular complexity index is 752. The number of hydrogen-bond acceptors (Lipinski definition) is 5. The number of anilines is 1. The van der Waals surface area contributed by atoms with Gasteiger partial charge < -0.3 is 20.1 Å². The second-order valence-electron chi connectivity index (χ2n) is 4.82. The van der Waals surface area contributed by atoms with Gasteiger partial charge in [0.1, 0.15) is 23.9 Å². The summed E-state index contributed by atoms with van der Waals surface area (Å²) >= 11 is 0. The predicted molar refractivity (Wildman–Crippen MR) is 88.6 cm³/mol. The molecule has 0 radical (unpaired) electrons. The average molecular weight is 349 g/mol. The van der Waals surface area contributed by atoms with Crippen LogP contribution in [0.15, 0.2) is 42.5 Å². The number of benzene rings is 2. The van der Waals surface area contributed by atoms with E-state index >= 15 is 0 Å². The van der Waals surface area contributed by atoms with Crippen LogP contribution in [0, 0.1) is 15.9 Å². The number of rotatable bonds is 7. The molecule has 0 aliphatic rings. The Balaban J connectivity index is 1.84. The molecule has 0 unspecified atom stereocenters. The van der Waals surface area contributed by atoms with Crippen LogP contribution in [-0.4, -0.2) is 31.2 Å². The standard InChI is InChI=1S/C16H16FN3O5/c1-24-15-7-4-12(20(22)23)10-14(15)19-16(21)18-8-9-25-13-5-2-11(17)3-6-13/h2-7,10H,8-9H2,1H3,(H2,18,19,21). The van der Waals surface area contributed by atoms with E-state index in [4.69, 9.17) is 9.47 Å². The molecule has 0 aliphatic carbocycles. The summed E-state index contributed by atoms with van der Waals surface area (Å²) in [5, 5.41) is 15.8. The Morgan fingerprint density at radius 2 is 1.96 bits per heavy atom. The second-order valence-corrected chi connectivity index (χ2v) is 4.82. The first kappa shape index (κ1) is 18.0. The Morgan fingerprint density at radius 3 is 2.60 bits per heavy atom. The third kappa shape index (κ3) is 5.34. The highest BCUT2D eigenvalue weighted by molar-refractivity contribution is 5.91. The Morgan fingerprint density at radius 1 is 1.24 bits per heavy atom. The lowest BCUT2D eigenvalue weighted by atomic mass is 10.2. The fraction of sp³-hybridized carbons (Fsp3) is 0.188. The smallest absolute Gasteiger partial charge is 0.319 e. The molecule has 2 N–H and O–H groups in total. The van der Waals surface area contributed by atoms with Crippen LogP contribution >= 0.6 is 0 Å². The van der Waals surface area contributed by atoms with Crippen molar-refractivity contribution in [2.75, 3.05) is 25.6 Å². The van der Waals surface area contributed by atoms with Crippen LogP contribution in [0.25, 0.3) is 0 Å². The van der Waals surface area contributed by atoms with E-state index in [1.165, 1.54) is 49.6 Å². The van der Waals surface area contributed by atoms with Gasteiger partial charge >= 0.3 is 6.03 Å². The van der Waals surface area contributed by atoms with Crippen molar-refractivity contribution in [3.05, 3.63) is 58.4 Å². The summed E-state index contributed by atoms with van der Waals surface area (Å²) in [5.41, 5.74) is 0.00407. The molecule has 2 amide bonds. The van der Waals surface area contributed by atoms with Gasteiger partial charge in [-0.25, -0.2) is 9.18 Å². The number of nitro benzene ring substituents is 1. The topological polar surface area (TPSA) is 103 Å². The monoisotopic (exact) mass is 349 g/mol. The zero-order chi connectivity index (χ0) is 18.2. The Hall–Kier alpha value is -3.36. The number of halogens is 1. The maximum Gasteiger partial charge on any atom is 0.319 e. The maximum atomic E-state index is 12.8. The quantitative estimate of drug-likeness (QED) is 0.454. The van der Waals surface area contributed by atoms with Crippen LogP contribution < -0.4 is 20.1 Å². The van der Waals surface area contributed by atoms with Crippen LogP contribution in [0.5, 0.6) is 11.5 Å². The van der Waals surface area contributed by atoms with Gasteiger partial charge in [0.05, 0.1) is 24.3 Å². The van der Waals surface area contributed by atoms with E-state index in [1.807, 2.05) is 0 Å². The number of nitrogens with zero attached hydrogens (tertiary/aromatic N) is 1. The highest BCUT2D eigenvalue weighted by Crippen LogP contribution is 2.28. The van der Waals surface area contributed by atoms with Crippen molar-refractivity contribution in [1.82, 2.24) is 5.32 Å². The van der Waals surface area contributed by atoms with E-state index in [0.717, 1.165) is 0 Å². The lowest BCUT2D eigenvalue weighted by Gasteiger charge is -2.11. The molecule has 0 fully saturated rings. The van der Waals surface area contributed by atoms with Gasteiger partial charge in [0.2, 0.25) is 0 Å². The number of non-ortho nitro benzene ring substituents is 1. The summed E-state index contributed by atoms with van der Waals surface area (Å²) in [7, 11) is 1.39. The third-order valence-electron chi connectivity index (χ3n) is 3.11. The van der Waals surface area contributed by atoms with Gasteiger partial charge in [-0.2, -0.15) is 0 Å². The lowest BCUT2D eigenvalue weighted by Crippen LogP contribution is -2.32. The number of carbonyl (C=O) groups excluding carboxylic acids is 1. The van der Waals surface area contributed by atoms with Crippen molar-refractivity contribution < 1.29 is 23.6 Å². The summed E-state index contributed by atoms with van der Waals surface area (Å²) in [4.78, 5) is 22.1. The van der Waals surface area contributed by atoms with Crippen molar-refractivity contribution >= 4 is 17.4 Å². The van der Waals surface area contributed by atoms with Gasteiger partial charge in [-0.05, 0) is 30.3 Å². The van der Waals surface area contributed by atoms with Crippen molar-refractivity contribution in [3.8, 4) is 11.5 Å². The van der Waals surface area contributed by atoms with E-state index < -0.39 is 11.0 Å². The molecule has 0 bridgehead atoms. The zero-order valence-corrected chi connectivity index (χ0v) is 13.3. The molecule has 0 aliphatic heterocycles. The van der Waals surface area contributed by atoms with Crippen LogP contribution in [0.2, 0.25) is 0 Å². The fourth-order valence-electron chi connectivity index (χ4n) is 1.94. The number of nitrogens with one attached hydrogen (secondary N) is 2. The van der Waals surface area contributed by atoms with Crippen molar-refractivity contribution in [2.45, 2.75) is 0 Å². The van der Waals surface area contributed by atoms with Crippen LogP contribution in [-0.2, 0) is 0 Å². The molecule has 0 aromatic heterocycles. The number of carbonyl (C=O) groups is 1. The predicted octanol–water partition coefficient (Wildman–Crippen LogP) is 2.94. The number of amides is 2. The molecule has 0 heterocycles. The van der Waals surface area contributed by atoms with Gasteiger partial charge in [-0.1, -0.05) is 0 Å². The Kier molecular flexibility index (Phi) is 6.10. The SMILES string of the molecule is COc1ccc([N+](=O)[O-])cc1NC(=O)NCCOc1ccc(F)cc1. The first-order chi connectivity index (χ1) is 12.0. The normalized spacial score (nSPS) is 10.0. The zero-order valence-electron chi connectivity index (χ0n) is 13.3. The van der Waals surface area contributed by atoms with Crippen LogP contribution in [0.4, 0.5) is 20.6 Å². The van der Waals surface area contributed by atoms with E-state index in [-0.39, 0.29) is 30.3 Å². The van der Waals surface area contributed by atoms with Crippen LogP contribution in [0.1, 0.15) is 0 Å². The molecular formula is C16H16FN3O5. The van der Waals surface area contributed by atoms with E-state index in [2.05, 4.69) is 10.6 Å². The maximum absolute atomic E-state index is 12.8. The number of ether oxygens (including phenoxy) is 2. The molecule has 2 aromatic carbocycles. The van der Waals surface area contributed by atoms with Gasteiger partial charge in [0.15, 0.2) is 0 Å². The molecule has 9 heteroatoms. The molecule has 0 atom stereocenters. The fourth-order valence-corrected chi connectivity index (χ4v) is 1.94. The van der Waals surface area contributed by atoms with Crippen LogP contribution in [0.3, 0.4) is 0 Å². The minimum atomic E-state index is -0.570. The van der Waals surface area contributed by atoms with Crippen molar-refractivity contribution in [2.24, 2.45) is 0 Å². The largest absolute Gasteiger partial charge is 0.495 e. The number of urea groups is 1. The summed E-state index contributed by atoms with van der Waals surface area (Å²) in [6.45, 7) is 0.353. The first-order valence-corrected chi connectivity index (χ1v) is 7.25. The van der Waals surface area contributed by atoms with Gasteiger partial charge in [0.25, 0.3) is 5.69 Å². The van der Waals surface area contributed by atoms with Gasteiger partial charge in [0, 0.05) is 12.1 Å². The number of methoxy groups -OCH3 is 1. The van der Waals surface area contributed by atoms with E-state index in [9.17, 15) is 19.3 Å². The second kappa shape index (κ2) is 8.48. The molecule has 0 saturated carbocycles. The summed E-state index contributed by atoms with van der Waals surface area (Å²) < 4.78 is 23.1. The molecule has 0 saturated heterocycles. The Labute approximate surface area is 142 Å². The minimum absolute atomic E-state index is 0.171. The van der Waals surface area contributed by atoms with E-state index in [1.54, 1.807) is 0 Å². The summed E-state index contributed by atoms with van der Waals surface area (Å²) in [6.07, 6.45) is 0. The highest BCUT2D eigenvalue weighted by Gasteiger charge is 2.13. The molecule has 132 valence electrons. The number of nitro groups is 1. The summed E-state index contributed by atoms with van der Waals surface area (Å²) in [6, 6.07) is 8.79. The van der Waals surface area contributed by atoms with Gasteiger partial charge in [-0.15, -0.1) is 0 Å². The third-order valence-corrected chi connectivity index (χ3v) is 3.11. The number of hydrogen-bond donors (Lipinski definition) is 2.